The predicted octanol–water partition coefficient (Wildman–Crippen LogP) is 2.76. The van der Waals surface area contributed by atoms with E-state index in [9.17, 15) is 0 Å². The van der Waals surface area contributed by atoms with Crippen molar-refractivity contribution < 1.29 is 18.9 Å². The van der Waals surface area contributed by atoms with Crippen LogP contribution in [0.15, 0.2) is 30.3 Å². The van der Waals surface area contributed by atoms with Crippen LogP contribution in [0.3, 0.4) is 0 Å². The Kier molecular flexibility index (Phi) is 3.48. The minimum absolute atomic E-state index is 0.337. The number of fused-ring (bicyclic) bond motifs is 2. The fourth-order valence-corrected chi connectivity index (χ4v) is 5.03. The van der Waals surface area contributed by atoms with Gasteiger partial charge in [-0.3, -0.25) is 0 Å². The lowest BCUT2D eigenvalue weighted by atomic mass is 9.78. The standard InChI is InChI=1S/C19H24O4/c1-2-4-13(5-3-1)11-20-12-16-15-9-18-17(23-18)8-14(15)10-19(16)21-6-7-22-19/h1-5,14-18H,6-12H2/t14-,15+,16-,17-,18+/m0/s1. The Balaban J connectivity index is 1.29. The van der Waals surface area contributed by atoms with Gasteiger partial charge in [-0.25, -0.2) is 0 Å². The van der Waals surface area contributed by atoms with Gasteiger partial charge in [-0.15, -0.1) is 0 Å². The smallest absolute Gasteiger partial charge is 0.174 e. The average Bonchev–Trinajstić information content (AvgIpc) is 3.06. The molecule has 0 radical (unpaired) electrons. The molecule has 0 N–H and O–H groups in total. The van der Waals surface area contributed by atoms with Gasteiger partial charge in [0, 0.05) is 12.3 Å². The lowest BCUT2D eigenvalue weighted by molar-refractivity contribution is -0.199. The summed E-state index contributed by atoms with van der Waals surface area (Å²) in [5, 5.41) is 0. The second kappa shape index (κ2) is 5.55. The Hall–Kier alpha value is -0.940. The van der Waals surface area contributed by atoms with Crippen LogP contribution in [0.2, 0.25) is 0 Å². The van der Waals surface area contributed by atoms with Crippen molar-refractivity contribution in [3.63, 3.8) is 0 Å². The van der Waals surface area contributed by atoms with Gasteiger partial charge in [-0.05, 0) is 30.2 Å². The molecule has 1 aromatic rings. The molecular formula is C19H24O4. The molecule has 0 amide bonds. The van der Waals surface area contributed by atoms with E-state index in [1.165, 1.54) is 12.0 Å². The summed E-state index contributed by atoms with van der Waals surface area (Å²) >= 11 is 0. The maximum Gasteiger partial charge on any atom is 0.174 e. The molecule has 5 atom stereocenters. The van der Waals surface area contributed by atoms with Crippen LogP contribution in [0.4, 0.5) is 0 Å². The Labute approximate surface area is 137 Å². The molecule has 4 aliphatic rings. The minimum Gasteiger partial charge on any atom is -0.376 e. The van der Waals surface area contributed by atoms with Crippen molar-refractivity contribution in [1.82, 2.24) is 0 Å². The van der Waals surface area contributed by atoms with Crippen LogP contribution in [0.1, 0.15) is 24.8 Å². The van der Waals surface area contributed by atoms with Crippen LogP contribution < -0.4 is 0 Å². The van der Waals surface area contributed by atoms with Gasteiger partial charge in [-0.2, -0.15) is 0 Å². The van der Waals surface area contributed by atoms with Gasteiger partial charge in [0.1, 0.15) is 0 Å². The maximum atomic E-state index is 6.12. The first-order valence-corrected chi connectivity index (χ1v) is 8.89. The molecule has 4 nitrogen and oxygen atoms in total. The molecule has 2 aliphatic heterocycles. The van der Waals surface area contributed by atoms with Crippen LogP contribution in [0, 0.1) is 17.8 Å². The molecule has 124 valence electrons. The second-order valence-electron chi connectivity index (χ2n) is 7.43. The van der Waals surface area contributed by atoms with E-state index in [2.05, 4.69) is 24.3 Å². The summed E-state index contributed by atoms with van der Waals surface area (Å²) in [6.07, 6.45) is 4.36. The molecule has 0 aromatic heterocycles. The third-order valence-electron chi connectivity index (χ3n) is 6.15. The zero-order valence-electron chi connectivity index (χ0n) is 13.4. The van der Waals surface area contributed by atoms with Crippen molar-refractivity contribution >= 4 is 0 Å². The number of hydrogen-bond acceptors (Lipinski definition) is 4. The Morgan fingerprint density at radius 3 is 2.65 bits per heavy atom. The first-order valence-electron chi connectivity index (χ1n) is 8.89. The van der Waals surface area contributed by atoms with E-state index in [1.54, 1.807) is 0 Å². The lowest BCUT2D eigenvalue weighted by Crippen LogP contribution is -2.40. The number of epoxide rings is 1. The van der Waals surface area contributed by atoms with Crippen LogP contribution >= 0.6 is 0 Å². The Bertz CT molecular complexity index is 554. The van der Waals surface area contributed by atoms with Crippen LogP contribution in [0.25, 0.3) is 0 Å². The molecule has 2 saturated carbocycles. The molecule has 2 aliphatic carbocycles. The van der Waals surface area contributed by atoms with Gasteiger partial charge >= 0.3 is 0 Å². The molecule has 4 fully saturated rings. The molecule has 1 spiro atoms. The van der Waals surface area contributed by atoms with Gasteiger partial charge in [0.15, 0.2) is 5.79 Å². The van der Waals surface area contributed by atoms with E-state index in [4.69, 9.17) is 18.9 Å². The Morgan fingerprint density at radius 1 is 1.04 bits per heavy atom. The quantitative estimate of drug-likeness (QED) is 0.801. The first-order chi connectivity index (χ1) is 11.3. The maximum absolute atomic E-state index is 6.12. The van der Waals surface area contributed by atoms with E-state index >= 15 is 0 Å². The molecule has 5 rings (SSSR count). The topological polar surface area (TPSA) is 40.2 Å². The lowest BCUT2D eigenvalue weighted by Gasteiger charge is -2.32. The average molecular weight is 316 g/mol. The highest BCUT2D eigenvalue weighted by atomic mass is 16.7. The zero-order valence-corrected chi connectivity index (χ0v) is 13.4. The van der Waals surface area contributed by atoms with Gasteiger partial charge in [-0.1, -0.05) is 30.3 Å². The SMILES string of the molecule is c1ccc(COC[C@H]2[C@@H]3C[C@H]4O[C@H]4C[C@H]3CC23OCCO3)cc1. The van der Waals surface area contributed by atoms with Crippen molar-refractivity contribution in [2.75, 3.05) is 19.8 Å². The molecule has 2 heterocycles. The molecule has 1 aromatic carbocycles. The van der Waals surface area contributed by atoms with Gasteiger partial charge in [0.2, 0.25) is 0 Å². The highest BCUT2D eigenvalue weighted by Crippen LogP contribution is 2.58. The van der Waals surface area contributed by atoms with E-state index in [0.29, 0.717) is 43.2 Å². The summed E-state index contributed by atoms with van der Waals surface area (Å²) in [6, 6.07) is 10.4. The van der Waals surface area contributed by atoms with Gasteiger partial charge in [0.05, 0.1) is 38.6 Å². The summed E-state index contributed by atoms with van der Waals surface area (Å²) in [7, 11) is 0. The second-order valence-corrected chi connectivity index (χ2v) is 7.43. The number of ether oxygens (including phenoxy) is 4. The molecule has 23 heavy (non-hydrogen) atoms. The van der Waals surface area contributed by atoms with E-state index in [1.807, 2.05) is 6.07 Å². The summed E-state index contributed by atoms with van der Waals surface area (Å²) in [6.45, 7) is 2.82. The monoisotopic (exact) mass is 316 g/mol. The van der Waals surface area contributed by atoms with Gasteiger partial charge in [0.25, 0.3) is 0 Å². The highest BCUT2D eigenvalue weighted by molar-refractivity contribution is 5.13. The number of rotatable bonds is 4. The molecule has 4 heteroatoms. The van der Waals surface area contributed by atoms with Crippen LogP contribution in [0.5, 0.6) is 0 Å². The van der Waals surface area contributed by atoms with Crippen LogP contribution in [-0.2, 0) is 25.6 Å². The molecule has 0 unspecified atom stereocenters. The van der Waals surface area contributed by atoms with E-state index in [-0.39, 0.29) is 5.79 Å². The number of benzene rings is 1. The fraction of sp³-hybridized carbons (Fsp3) is 0.684. The third-order valence-corrected chi connectivity index (χ3v) is 6.15. The van der Waals surface area contributed by atoms with Crippen molar-refractivity contribution in [1.29, 1.82) is 0 Å². The molecule has 0 bridgehead atoms. The zero-order chi connectivity index (χ0) is 15.3. The van der Waals surface area contributed by atoms with Crippen LogP contribution in [-0.4, -0.2) is 37.8 Å². The molecular weight excluding hydrogens is 292 g/mol. The summed E-state index contributed by atoms with van der Waals surface area (Å²) in [5.74, 6) is 1.24. The first kappa shape index (κ1) is 14.4. The summed E-state index contributed by atoms with van der Waals surface area (Å²) < 4.78 is 24.1. The highest BCUT2D eigenvalue weighted by Gasteiger charge is 2.62. The van der Waals surface area contributed by atoms with Crippen molar-refractivity contribution in [2.24, 2.45) is 17.8 Å². The fourth-order valence-electron chi connectivity index (χ4n) is 5.03. The van der Waals surface area contributed by atoms with E-state index < -0.39 is 0 Å². The van der Waals surface area contributed by atoms with Crippen molar-refractivity contribution in [2.45, 2.75) is 43.9 Å². The minimum atomic E-state index is -0.386. The molecule has 2 saturated heterocycles. The summed E-state index contributed by atoms with van der Waals surface area (Å²) in [4.78, 5) is 0. The van der Waals surface area contributed by atoms with Crippen molar-refractivity contribution in [3.8, 4) is 0 Å². The normalized spacial score (nSPS) is 40.1. The number of hydrogen-bond donors (Lipinski definition) is 0. The third kappa shape index (κ3) is 2.52. The van der Waals surface area contributed by atoms with Crippen molar-refractivity contribution in [3.05, 3.63) is 35.9 Å². The summed E-state index contributed by atoms with van der Waals surface area (Å²) in [5.41, 5.74) is 1.22. The van der Waals surface area contributed by atoms with Gasteiger partial charge < -0.3 is 18.9 Å². The Morgan fingerprint density at radius 2 is 1.83 bits per heavy atom. The predicted molar refractivity (Wildman–Crippen MR) is 83.7 cm³/mol. The largest absolute Gasteiger partial charge is 0.376 e. The van der Waals surface area contributed by atoms with E-state index in [0.717, 1.165) is 26.1 Å².